The van der Waals surface area contributed by atoms with Gasteiger partial charge < -0.3 is 15.0 Å². The Kier molecular flexibility index (Phi) is 6.99. The van der Waals surface area contributed by atoms with Gasteiger partial charge in [0.05, 0.1) is 16.6 Å². The molecule has 0 saturated carbocycles. The fourth-order valence-corrected chi connectivity index (χ4v) is 7.70. The minimum Gasteiger partial charge on any atom is -0.484 e. The number of carbonyl (C=O) groups excluding carboxylic acids is 3. The van der Waals surface area contributed by atoms with Gasteiger partial charge in [0.2, 0.25) is 11.8 Å². The summed E-state index contributed by atoms with van der Waals surface area (Å²) >= 11 is 8.29. The van der Waals surface area contributed by atoms with Gasteiger partial charge in [-0.15, -0.1) is 0 Å². The van der Waals surface area contributed by atoms with Gasteiger partial charge in [0.25, 0.3) is 5.91 Å². The van der Waals surface area contributed by atoms with Crippen LogP contribution in [0.3, 0.4) is 0 Å². The summed E-state index contributed by atoms with van der Waals surface area (Å²) in [5.41, 5.74) is 2.95. The second kappa shape index (κ2) is 10.6. The van der Waals surface area contributed by atoms with Crippen molar-refractivity contribution in [3.63, 3.8) is 0 Å². The third kappa shape index (κ3) is 4.94. The van der Waals surface area contributed by atoms with Gasteiger partial charge in [-0.3, -0.25) is 19.2 Å². The van der Waals surface area contributed by atoms with Gasteiger partial charge in [-0.05, 0) is 66.6 Å². The van der Waals surface area contributed by atoms with E-state index in [0.717, 1.165) is 27.3 Å². The zero-order valence-electron chi connectivity index (χ0n) is 21.1. The predicted molar refractivity (Wildman–Crippen MR) is 156 cm³/mol. The van der Waals surface area contributed by atoms with E-state index < -0.39 is 17.1 Å². The number of aryl methyl sites for hydroxylation is 1. The molecule has 0 bridgehead atoms. The van der Waals surface area contributed by atoms with E-state index in [-0.39, 0.29) is 29.2 Å². The van der Waals surface area contributed by atoms with Crippen LogP contribution in [0, 0.1) is 12.8 Å². The lowest BCUT2D eigenvalue weighted by Gasteiger charge is -2.29. The van der Waals surface area contributed by atoms with Crippen LogP contribution in [-0.2, 0) is 14.4 Å². The van der Waals surface area contributed by atoms with E-state index in [2.05, 4.69) is 10.3 Å². The van der Waals surface area contributed by atoms with Crippen molar-refractivity contribution in [1.29, 1.82) is 0 Å². The smallest absolute Gasteiger partial charge is 0.305 e. The van der Waals surface area contributed by atoms with Crippen molar-refractivity contribution in [2.24, 2.45) is 5.92 Å². The third-order valence-corrected chi connectivity index (χ3v) is 9.47. The van der Waals surface area contributed by atoms with Gasteiger partial charge >= 0.3 is 4.87 Å². The number of benzene rings is 3. The predicted octanol–water partition coefficient (Wildman–Crippen LogP) is 5.21. The fourth-order valence-electron chi connectivity index (χ4n) is 5.06. The van der Waals surface area contributed by atoms with Gasteiger partial charge in [-0.1, -0.05) is 59.0 Å². The summed E-state index contributed by atoms with van der Waals surface area (Å²) in [5, 5.41) is 3.22. The zero-order chi connectivity index (χ0) is 28.0. The molecule has 1 fully saturated rings. The number of amides is 3. The molecule has 4 aromatic rings. The number of thiazole rings is 1. The highest BCUT2D eigenvalue weighted by atomic mass is 35.5. The van der Waals surface area contributed by atoms with Crippen molar-refractivity contribution in [3.05, 3.63) is 103 Å². The summed E-state index contributed by atoms with van der Waals surface area (Å²) in [6, 6.07) is 21.1. The van der Waals surface area contributed by atoms with E-state index in [0.29, 0.717) is 27.2 Å². The molecular formula is C29H22ClN3O5S2. The van der Waals surface area contributed by atoms with E-state index in [1.165, 1.54) is 16.7 Å². The molecule has 40 heavy (non-hydrogen) atoms. The van der Waals surface area contributed by atoms with Crippen LogP contribution < -0.4 is 19.8 Å². The Morgan fingerprint density at radius 2 is 1.77 bits per heavy atom. The van der Waals surface area contributed by atoms with E-state index in [1.807, 2.05) is 43.3 Å². The molecule has 0 radical (unpaired) electrons. The Bertz CT molecular complexity index is 1680. The summed E-state index contributed by atoms with van der Waals surface area (Å²) in [5.74, 6) is -1.67. The second-order valence-electron chi connectivity index (χ2n) is 9.51. The average molecular weight is 592 g/mol. The molecule has 3 amide bonds. The number of hydrogen-bond donors (Lipinski definition) is 2. The first-order valence-corrected chi connectivity index (χ1v) is 14.5. The molecule has 0 spiro atoms. The van der Waals surface area contributed by atoms with Gasteiger partial charge in [-0.2, -0.15) is 0 Å². The number of ether oxygens (including phenoxy) is 1. The van der Waals surface area contributed by atoms with Gasteiger partial charge in [0.1, 0.15) is 11.0 Å². The van der Waals surface area contributed by atoms with Crippen molar-refractivity contribution >= 4 is 63.8 Å². The molecule has 0 aliphatic carbocycles. The molecule has 11 heteroatoms. The highest BCUT2D eigenvalue weighted by Gasteiger charge is 2.56. The minimum absolute atomic E-state index is 0.176. The number of aromatic amines is 1. The number of H-pyrrole nitrogens is 1. The number of halogens is 1. The lowest BCUT2D eigenvalue weighted by molar-refractivity contribution is -0.122. The van der Waals surface area contributed by atoms with E-state index >= 15 is 0 Å². The number of nitrogens with zero attached hydrogens (tertiary/aromatic N) is 1. The Morgan fingerprint density at radius 1 is 1.02 bits per heavy atom. The maximum atomic E-state index is 13.8. The highest BCUT2D eigenvalue weighted by Crippen LogP contribution is 2.53. The molecule has 2 unspecified atom stereocenters. The van der Waals surface area contributed by atoms with Gasteiger partial charge in [0, 0.05) is 21.5 Å². The van der Waals surface area contributed by atoms with Crippen molar-refractivity contribution in [1.82, 2.24) is 4.98 Å². The molecular weight excluding hydrogens is 570 g/mol. The number of imide groups is 1. The largest absolute Gasteiger partial charge is 0.484 e. The molecule has 8 nitrogen and oxygen atoms in total. The lowest BCUT2D eigenvalue weighted by Crippen LogP contribution is -2.32. The maximum Gasteiger partial charge on any atom is 0.305 e. The van der Waals surface area contributed by atoms with Crippen LogP contribution in [0.4, 0.5) is 11.4 Å². The standard InChI is InChI=1S/C29H22ClN3O5S2/c1-15-3-2-4-18(13-15)31-21(34)14-38-20-11-5-16(6-12-20)22-23-25(39-26-24(22)40-29(37)32-26)28(36)33(27(23)35)19-9-7-17(30)8-10-19/h2-13,22-23,25H,14H2,1H3,(H,31,34)(H,32,37)/t22-,23?,25?/m1/s1. The van der Waals surface area contributed by atoms with Crippen LogP contribution in [0.5, 0.6) is 5.75 Å². The van der Waals surface area contributed by atoms with Crippen LogP contribution in [0.15, 0.2) is 82.6 Å². The number of hydrogen-bond acceptors (Lipinski definition) is 7. The van der Waals surface area contributed by atoms with Crippen molar-refractivity contribution in [2.45, 2.75) is 23.1 Å². The molecule has 2 aliphatic heterocycles. The molecule has 3 heterocycles. The van der Waals surface area contributed by atoms with E-state index in [1.54, 1.807) is 36.4 Å². The normalized spacial score (nSPS) is 19.8. The number of fused-ring (bicyclic) bond motifs is 2. The molecule has 3 atom stereocenters. The van der Waals surface area contributed by atoms with E-state index in [4.69, 9.17) is 16.3 Å². The number of anilines is 2. The number of thioether (sulfide) groups is 1. The highest BCUT2D eigenvalue weighted by molar-refractivity contribution is 8.00. The Labute approximate surface area is 242 Å². The lowest BCUT2D eigenvalue weighted by atomic mass is 9.83. The van der Waals surface area contributed by atoms with Gasteiger partial charge in [-0.25, -0.2) is 4.90 Å². The van der Waals surface area contributed by atoms with Crippen molar-refractivity contribution < 1.29 is 19.1 Å². The second-order valence-corrected chi connectivity index (χ2v) is 12.1. The van der Waals surface area contributed by atoms with Gasteiger partial charge in [0.15, 0.2) is 6.61 Å². The number of aromatic nitrogens is 1. The third-order valence-electron chi connectivity index (χ3n) is 6.82. The fraction of sp³-hybridized carbons (Fsp3) is 0.172. The monoisotopic (exact) mass is 591 g/mol. The number of rotatable bonds is 6. The first-order valence-electron chi connectivity index (χ1n) is 12.4. The Morgan fingerprint density at radius 3 is 2.50 bits per heavy atom. The molecule has 202 valence electrons. The molecule has 1 aromatic heterocycles. The topological polar surface area (TPSA) is 109 Å². The van der Waals surface area contributed by atoms with Crippen LogP contribution in [0.2, 0.25) is 5.02 Å². The maximum absolute atomic E-state index is 13.8. The van der Waals surface area contributed by atoms with Crippen LogP contribution in [-0.4, -0.2) is 34.6 Å². The van der Waals surface area contributed by atoms with Crippen LogP contribution >= 0.6 is 34.7 Å². The van der Waals surface area contributed by atoms with Crippen LogP contribution in [0.1, 0.15) is 21.9 Å². The quantitative estimate of drug-likeness (QED) is 0.298. The average Bonchev–Trinajstić information content (AvgIpc) is 3.42. The summed E-state index contributed by atoms with van der Waals surface area (Å²) in [7, 11) is 0. The van der Waals surface area contributed by atoms with Crippen molar-refractivity contribution in [3.8, 4) is 5.75 Å². The zero-order valence-corrected chi connectivity index (χ0v) is 23.4. The minimum atomic E-state index is -0.695. The molecule has 2 aliphatic rings. The Balaban J connectivity index is 1.24. The first kappa shape index (κ1) is 26.4. The molecule has 1 saturated heterocycles. The molecule has 3 aromatic carbocycles. The van der Waals surface area contributed by atoms with Crippen molar-refractivity contribution in [2.75, 3.05) is 16.8 Å². The SMILES string of the molecule is Cc1cccc(NC(=O)COc2ccc([C@H]3c4sc(=O)[nH]c4SC4C(=O)N(c5ccc(Cl)cc5)C(=O)C43)cc2)c1. The van der Waals surface area contributed by atoms with E-state index in [9.17, 15) is 19.2 Å². The summed E-state index contributed by atoms with van der Waals surface area (Å²) < 4.78 is 5.69. The molecule has 2 N–H and O–H groups in total. The summed E-state index contributed by atoms with van der Waals surface area (Å²) in [4.78, 5) is 56.4. The summed E-state index contributed by atoms with van der Waals surface area (Å²) in [6.45, 7) is 1.77. The van der Waals surface area contributed by atoms with Crippen LogP contribution in [0.25, 0.3) is 0 Å². The number of nitrogens with one attached hydrogen (secondary N) is 2. The molecule has 6 rings (SSSR count). The summed E-state index contributed by atoms with van der Waals surface area (Å²) in [6.07, 6.45) is 0. The number of carbonyl (C=O) groups is 3. The first-order chi connectivity index (χ1) is 19.3. The Hall–Kier alpha value is -3.86.